The van der Waals surface area contributed by atoms with Gasteiger partial charge in [0.2, 0.25) is 0 Å². The van der Waals surface area contributed by atoms with Crippen molar-refractivity contribution in [3.63, 3.8) is 0 Å². The van der Waals surface area contributed by atoms with Crippen LogP contribution in [-0.2, 0) is 6.42 Å². The van der Waals surface area contributed by atoms with Crippen LogP contribution in [0.5, 0.6) is 0 Å². The van der Waals surface area contributed by atoms with Crippen LogP contribution in [0.2, 0.25) is 0 Å². The van der Waals surface area contributed by atoms with Gasteiger partial charge >= 0.3 is 0 Å². The van der Waals surface area contributed by atoms with Crippen molar-refractivity contribution in [2.45, 2.75) is 39.3 Å². The molecule has 1 aromatic rings. The zero-order valence-electron chi connectivity index (χ0n) is 9.08. The molecule has 0 amide bonds. The number of hydrogen-bond donors (Lipinski definition) is 2. The fourth-order valence-electron chi connectivity index (χ4n) is 1.38. The van der Waals surface area contributed by atoms with E-state index >= 15 is 0 Å². The third-order valence-corrected chi connectivity index (χ3v) is 2.27. The Morgan fingerprint density at radius 2 is 2.14 bits per heavy atom. The number of nitrogens with one attached hydrogen (secondary N) is 1. The predicted octanol–water partition coefficient (Wildman–Crippen LogP) is 1.87. The first kappa shape index (κ1) is 11.3. The molecule has 0 aliphatic heterocycles. The Morgan fingerprint density at radius 3 is 2.64 bits per heavy atom. The maximum absolute atomic E-state index is 8.89. The number of furan rings is 1. The summed E-state index contributed by atoms with van der Waals surface area (Å²) in [5, 5.41) is 12.1. The minimum Gasteiger partial charge on any atom is -0.464 e. The highest BCUT2D eigenvalue weighted by Crippen LogP contribution is 2.16. The second-order valence-electron chi connectivity index (χ2n) is 3.63. The first-order valence-corrected chi connectivity index (χ1v) is 5.12. The molecule has 1 unspecified atom stereocenters. The molecule has 0 radical (unpaired) electrons. The summed E-state index contributed by atoms with van der Waals surface area (Å²) >= 11 is 0. The fraction of sp³-hybridized carbons (Fsp3) is 0.636. The Kier molecular flexibility index (Phi) is 4.17. The highest BCUT2D eigenvalue weighted by Gasteiger charge is 2.11. The zero-order valence-corrected chi connectivity index (χ0v) is 9.08. The Balaban J connectivity index is 2.55. The van der Waals surface area contributed by atoms with Crippen molar-refractivity contribution in [3.05, 3.63) is 23.7 Å². The molecule has 2 N–H and O–H groups in total. The second-order valence-corrected chi connectivity index (χ2v) is 3.63. The van der Waals surface area contributed by atoms with Gasteiger partial charge in [0.25, 0.3) is 0 Å². The molecule has 3 heteroatoms. The van der Waals surface area contributed by atoms with Gasteiger partial charge in [-0.3, -0.25) is 0 Å². The summed E-state index contributed by atoms with van der Waals surface area (Å²) < 4.78 is 5.60. The molecule has 0 aliphatic carbocycles. The molecule has 1 heterocycles. The first-order valence-electron chi connectivity index (χ1n) is 5.12. The third-order valence-electron chi connectivity index (χ3n) is 2.27. The summed E-state index contributed by atoms with van der Waals surface area (Å²) in [6.45, 7) is 6.19. The van der Waals surface area contributed by atoms with Crippen molar-refractivity contribution in [1.82, 2.24) is 5.32 Å². The monoisotopic (exact) mass is 197 g/mol. The molecule has 0 aromatic carbocycles. The van der Waals surface area contributed by atoms with E-state index in [9.17, 15) is 0 Å². The largest absolute Gasteiger partial charge is 0.464 e. The van der Waals surface area contributed by atoms with Gasteiger partial charge in [0.15, 0.2) is 0 Å². The van der Waals surface area contributed by atoms with E-state index in [1.165, 1.54) is 0 Å². The van der Waals surface area contributed by atoms with E-state index in [1.54, 1.807) is 0 Å². The SMILES string of the molecule is CCc1ccc(C(C)N[C@H](C)CO)o1. The number of aliphatic hydroxyl groups is 1. The van der Waals surface area contributed by atoms with Crippen LogP contribution in [0.15, 0.2) is 16.5 Å². The standard InChI is InChI=1S/C11H19NO2/c1-4-10-5-6-11(14-10)9(3)12-8(2)7-13/h5-6,8-9,12-13H,4,7H2,1-3H3/t8-,9?/m1/s1. The van der Waals surface area contributed by atoms with E-state index < -0.39 is 0 Å². The molecule has 0 aliphatic rings. The topological polar surface area (TPSA) is 45.4 Å². The van der Waals surface area contributed by atoms with Crippen molar-refractivity contribution in [2.24, 2.45) is 0 Å². The van der Waals surface area contributed by atoms with Gasteiger partial charge in [-0.05, 0) is 26.0 Å². The Bertz CT molecular complexity index is 270. The van der Waals surface area contributed by atoms with Gasteiger partial charge in [0.1, 0.15) is 11.5 Å². The van der Waals surface area contributed by atoms with Gasteiger partial charge in [-0.2, -0.15) is 0 Å². The molecule has 0 spiro atoms. The van der Waals surface area contributed by atoms with Crippen LogP contribution in [0.4, 0.5) is 0 Å². The summed E-state index contributed by atoms with van der Waals surface area (Å²) in [7, 11) is 0. The minimum atomic E-state index is 0.0974. The Hall–Kier alpha value is -0.800. The number of hydrogen-bond acceptors (Lipinski definition) is 3. The zero-order chi connectivity index (χ0) is 10.6. The van der Waals surface area contributed by atoms with E-state index in [4.69, 9.17) is 9.52 Å². The summed E-state index contributed by atoms with van der Waals surface area (Å²) in [6.07, 6.45) is 0.919. The highest BCUT2D eigenvalue weighted by molar-refractivity contribution is 5.10. The molecular formula is C11H19NO2. The van der Waals surface area contributed by atoms with Crippen molar-refractivity contribution < 1.29 is 9.52 Å². The average Bonchev–Trinajstić information content (AvgIpc) is 2.65. The van der Waals surface area contributed by atoms with Gasteiger partial charge in [-0.1, -0.05) is 6.92 Å². The molecule has 3 nitrogen and oxygen atoms in total. The van der Waals surface area contributed by atoms with Crippen molar-refractivity contribution in [3.8, 4) is 0 Å². The van der Waals surface area contributed by atoms with Crippen molar-refractivity contribution in [2.75, 3.05) is 6.61 Å². The predicted molar refractivity (Wildman–Crippen MR) is 56.2 cm³/mol. The van der Waals surface area contributed by atoms with E-state index in [0.717, 1.165) is 17.9 Å². The second kappa shape index (κ2) is 5.17. The van der Waals surface area contributed by atoms with E-state index in [2.05, 4.69) is 12.2 Å². The van der Waals surface area contributed by atoms with Crippen LogP contribution in [-0.4, -0.2) is 17.8 Å². The first-order chi connectivity index (χ1) is 6.67. The summed E-state index contributed by atoms with van der Waals surface area (Å²) in [6, 6.07) is 4.23. The van der Waals surface area contributed by atoms with Crippen LogP contribution in [0.25, 0.3) is 0 Å². The highest BCUT2D eigenvalue weighted by atomic mass is 16.3. The van der Waals surface area contributed by atoms with E-state index in [-0.39, 0.29) is 18.7 Å². The molecule has 80 valence electrons. The van der Waals surface area contributed by atoms with Crippen LogP contribution in [0.1, 0.15) is 38.3 Å². The van der Waals surface area contributed by atoms with Crippen LogP contribution in [0, 0.1) is 0 Å². The van der Waals surface area contributed by atoms with Gasteiger partial charge < -0.3 is 14.8 Å². The lowest BCUT2D eigenvalue weighted by atomic mass is 10.2. The van der Waals surface area contributed by atoms with Gasteiger partial charge in [0.05, 0.1) is 12.6 Å². The molecular weight excluding hydrogens is 178 g/mol. The fourth-order valence-corrected chi connectivity index (χ4v) is 1.38. The number of aryl methyl sites for hydroxylation is 1. The number of aliphatic hydroxyl groups excluding tert-OH is 1. The molecule has 0 fully saturated rings. The molecule has 0 bridgehead atoms. The van der Waals surface area contributed by atoms with Gasteiger partial charge in [-0.25, -0.2) is 0 Å². The quantitative estimate of drug-likeness (QED) is 0.757. The molecule has 14 heavy (non-hydrogen) atoms. The van der Waals surface area contributed by atoms with Gasteiger partial charge in [-0.15, -0.1) is 0 Å². The van der Waals surface area contributed by atoms with Crippen LogP contribution in [0.3, 0.4) is 0 Å². The summed E-state index contributed by atoms with van der Waals surface area (Å²) in [4.78, 5) is 0. The lowest BCUT2D eigenvalue weighted by Crippen LogP contribution is -2.31. The molecule has 0 saturated heterocycles. The molecule has 2 atom stereocenters. The third kappa shape index (κ3) is 2.86. The minimum absolute atomic E-state index is 0.0974. The van der Waals surface area contributed by atoms with Gasteiger partial charge in [0, 0.05) is 12.5 Å². The lowest BCUT2D eigenvalue weighted by Gasteiger charge is -2.16. The Labute approximate surface area is 85.1 Å². The molecule has 1 aromatic heterocycles. The smallest absolute Gasteiger partial charge is 0.120 e. The average molecular weight is 197 g/mol. The van der Waals surface area contributed by atoms with Crippen LogP contribution < -0.4 is 5.32 Å². The van der Waals surface area contributed by atoms with Crippen LogP contribution >= 0.6 is 0 Å². The van der Waals surface area contributed by atoms with E-state index in [0.29, 0.717) is 0 Å². The van der Waals surface area contributed by atoms with E-state index in [1.807, 2.05) is 26.0 Å². The normalized spacial score (nSPS) is 15.4. The molecule has 1 rings (SSSR count). The Morgan fingerprint density at radius 1 is 1.43 bits per heavy atom. The molecule has 0 saturated carbocycles. The summed E-state index contributed by atoms with van der Waals surface area (Å²) in [5.74, 6) is 1.94. The van der Waals surface area contributed by atoms with Crippen molar-refractivity contribution >= 4 is 0 Å². The summed E-state index contributed by atoms with van der Waals surface area (Å²) in [5.41, 5.74) is 0. The van der Waals surface area contributed by atoms with Crippen molar-refractivity contribution in [1.29, 1.82) is 0 Å². The number of rotatable bonds is 5. The maximum Gasteiger partial charge on any atom is 0.120 e. The lowest BCUT2D eigenvalue weighted by molar-refractivity contribution is 0.237. The maximum atomic E-state index is 8.89.